The summed E-state index contributed by atoms with van der Waals surface area (Å²) >= 11 is 0. The van der Waals surface area contributed by atoms with Crippen molar-refractivity contribution < 1.29 is 9.13 Å². The van der Waals surface area contributed by atoms with Crippen LogP contribution in [-0.2, 0) is 4.74 Å². The molecule has 1 aromatic carbocycles. The van der Waals surface area contributed by atoms with Crippen LogP contribution in [0.1, 0.15) is 5.56 Å². The predicted octanol–water partition coefficient (Wildman–Crippen LogP) is 3.08. The Morgan fingerprint density at radius 2 is 2.08 bits per heavy atom. The van der Waals surface area contributed by atoms with Gasteiger partial charge in [-0.2, -0.15) is 5.26 Å². The molecular formula is C18H15FN4O. The molecule has 120 valence electrons. The normalized spacial score (nSPS) is 14.8. The van der Waals surface area contributed by atoms with Crippen LogP contribution in [0.25, 0.3) is 22.2 Å². The summed E-state index contributed by atoms with van der Waals surface area (Å²) in [5.41, 5.74) is 3.59. The lowest BCUT2D eigenvalue weighted by atomic mass is 10.0. The molecule has 1 fully saturated rings. The molecule has 0 aliphatic carbocycles. The first-order chi connectivity index (χ1) is 11.8. The number of aromatic nitrogens is 2. The number of halogens is 1. The molecule has 0 radical (unpaired) electrons. The Balaban J connectivity index is 1.89. The Kier molecular flexibility index (Phi) is 3.63. The number of nitrogens with one attached hydrogen (secondary N) is 1. The molecule has 0 atom stereocenters. The smallest absolute Gasteiger partial charge is 0.140 e. The van der Waals surface area contributed by atoms with Crippen molar-refractivity contribution in [3.05, 3.63) is 48.0 Å². The Morgan fingerprint density at radius 3 is 2.88 bits per heavy atom. The van der Waals surface area contributed by atoms with E-state index < -0.39 is 5.82 Å². The third-order valence-corrected chi connectivity index (χ3v) is 4.30. The SMILES string of the molecule is N#Cc1cc(-c2c[nH]c3nccc(N4CCOCC4)c23)ccc1F. The molecule has 24 heavy (non-hydrogen) atoms. The number of H-pyrrole nitrogens is 1. The number of benzene rings is 1. The summed E-state index contributed by atoms with van der Waals surface area (Å²) in [6, 6.07) is 8.48. The number of anilines is 1. The maximum Gasteiger partial charge on any atom is 0.140 e. The maximum absolute atomic E-state index is 13.6. The van der Waals surface area contributed by atoms with Gasteiger partial charge >= 0.3 is 0 Å². The minimum absolute atomic E-state index is 0.0404. The second-order valence-corrected chi connectivity index (χ2v) is 5.66. The monoisotopic (exact) mass is 322 g/mol. The summed E-state index contributed by atoms with van der Waals surface area (Å²) in [5.74, 6) is -0.507. The number of hydrogen-bond donors (Lipinski definition) is 1. The van der Waals surface area contributed by atoms with Crippen molar-refractivity contribution in [2.75, 3.05) is 31.2 Å². The van der Waals surface area contributed by atoms with Crippen molar-refractivity contribution in [2.45, 2.75) is 0 Å². The molecule has 2 aromatic heterocycles. The molecule has 0 amide bonds. The molecule has 1 aliphatic heterocycles. The van der Waals surface area contributed by atoms with E-state index in [4.69, 9.17) is 10.00 Å². The Bertz CT molecular complexity index is 938. The van der Waals surface area contributed by atoms with E-state index in [1.54, 1.807) is 18.3 Å². The second-order valence-electron chi connectivity index (χ2n) is 5.66. The van der Waals surface area contributed by atoms with E-state index in [1.807, 2.05) is 18.3 Å². The highest BCUT2D eigenvalue weighted by molar-refractivity contribution is 6.02. The van der Waals surface area contributed by atoms with Crippen LogP contribution in [0.3, 0.4) is 0 Å². The molecule has 4 rings (SSSR count). The average molecular weight is 322 g/mol. The third-order valence-electron chi connectivity index (χ3n) is 4.30. The standard InChI is InChI=1S/C18H15FN4O/c19-15-2-1-12(9-13(15)10-20)14-11-22-18-17(14)16(3-4-21-18)23-5-7-24-8-6-23/h1-4,9,11H,5-8H2,(H,21,22). The van der Waals surface area contributed by atoms with Crippen molar-refractivity contribution in [3.8, 4) is 17.2 Å². The molecule has 5 nitrogen and oxygen atoms in total. The fourth-order valence-electron chi connectivity index (χ4n) is 3.11. The van der Waals surface area contributed by atoms with Gasteiger partial charge in [-0.25, -0.2) is 9.37 Å². The zero-order chi connectivity index (χ0) is 16.5. The zero-order valence-corrected chi connectivity index (χ0v) is 12.9. The number of nitrogens with zero attached hydrogens (tertiary/aromatic N) is 3. The minimum atomic E-state index is -0.507. The molecule has 0 bridgehead atoms. The highest BCUT2D eigenvalue weighted by atomic mass is 19.1. The van der Waals surface area contributed by atoms with Gasteiger partial charge in [-0.05, 0) is 23.8 Å². The van der Waals surface area contributed by atoms with Crippen LogP contribution in [0.5, 0.6) is 0 Å². The summed E-state index contributed by atoms with van der Waals surface area (Å²) < 4.78 is 19.1. The fraction of sp³-hybridized carbons (Fsp3) is 0.222. The second kappa shape index (κ2) is 5.95. The number of ether oxygens (including phenoxy) is 1. The van der Waals surface area contributed by atoms with Gasteiger partial charge in [-0.3, -0.25) is 0 Å². The van der Waals surface area contributed by atoms with Crippen molar-refractivity contribution in [3.63, 3.8) is 0 Å². The van der Waals surface area contributed by atoms with E-state index in [0.29, 0.717) is 13.2 Å². The molecule has 1 saturated heterocycles. The molecule has 1 N–H and O–H groups in total. The fourth-order valence-corrected chi connectivity index (χ4v) is 3.11. The first-order valence-electron chi connectivity index (χ1n) is 7.77. The lowest BCUT2D eigenvalue weighted by molar-refractivity contribution is 0.123. The summed E-state index contributed by atoms with van der Waals surface area (Å²) in [4.78, 5) is 9.83. The summed E-state index contributed by atoms with van der Waals surface area (Å²) in [6.45, 7) is 3.02. The van der Waals surface area contributed by atoms with Gasteiger partial charge < -0.3 is 14.6 Å². The van der Waals surface area contributed by atoms with Gasteiger partial charge in [-0.1, -0.05) is 6.07 Å². The molecular weight excluding hydrogens is 307 g/mol. The summed E-state index contributed by atoms with van der Waals surface area (Å²) in [5, 5.41) is 10.1. The van der Waals surface area contributed by atoms with Crippen LogP contribution in [0.4, 0.5) is 10.1 Å². The molecule has 0 spiro atoms. The van der Waals surface area contributed by atoms with Gasteiger partial charge in [0.25, 0.3) is 0 Å². The Hall–Kier alpha value is -2.91. The van der Waals surface area contributed by atoms with Crippen LogP contribution in [0, 0.1) is 17.1 Å². The number of rotatable bonds is 2. The van der Waals surface area contributed by atoms with E-state index >= 15 is 0 Å². The van der Waals surface area contributed by atoms with Crippen molar-refractivity contribution in [1.29, 1.82) is 5.26 Å². The van der Waals surface area contributed by atoms with Gasteiger partial charge in [0, 0.05) is 36.4 Å². The van der Waals surface area contributed by atoms with Gasteiger partial charge in [0.05, 0.1) is 24.5 Å². The predicted molar refractivity (Wildman–Crippen MR) is 89.2 cm³/mol. The quantitative estimate of drug-likeness (QED) is 0.787. The lowest BCUT2D eigenvalue weighted by Gasteiger charge is -2.29. The number of aromatic amines is 1. The van der Waals surface area contributed by atoms with Gasteiger partial charge in [0.2, 0.25) is 0 Å². The molecule has 3 heterocycles. The summed E-state index contributed by atoms with van der Waals surface area (Å²) in [7, 11) is 0. The highest BCUT2D eigenvalue weighted by Crippen LogP contribution is 2.35. The van der Waals surface area contributed by atoms with Crippen molar-refractivity contribution in [2.24, 2.45) is 0 Å². The number of pyridine rings is 1. The van der Waals surface area contributed by atoms with E-state index in [9.17, 15) is 4.39 Å². The van der Waals surface area contributed by atoms with Crippen LogP contribution >= 0.6 is 0 Å². The molecule has 0 unspecified atom stereocenters. The van der Waals surface area contributed by atoms with Gasteiger partial charge in [0.15, 0.2) is 0 Å². The van der Waals surface area contributed by atoms with Gasteiger partial charge in [-0.15, -0.1) is 0 Å². The van der Waals surface area contributed by atoms with Crippen LogP contribution in [-0.4, -0.2) is 36.3 Å². The van der Waals surface area contributed by atoms with Crippen molar-refractivity contribution in [1.82, 2.24) is 9.97 Å². The topological polar surface area (TPSA) is 64.9 Å². The molecule has 6 heteroatoms. The summed E-state index contributed by atoms with van der Waals surface area (Å²) in [6.07, 6.45) is 3.63. The highest BCUT2D eigenvalue weighted by Gasteiger charge is 2.18. The molecule has 3 aromatic rings. The molecule has 1 aliphatic rings. The largest absolute Gasteiger partial charge is 0.378 e. The molecule has 0 saturated carbocycles. The van der Waals surface area contributed by atoms with Gasteiger partial charge in [0.1, 0.15) is 17.5 Å². The van der Waals surface area contributed by atoms with E-state index in [-0.39, 0.29) is 5.56 Å². The third kappa shape index (κ3) is 2.39. The number of nitriles is 1. The number of hydrogen-bond acceptors (Lipinski definition) is 4. The van der Waals surface area contributed by atoms with Crippen molar-refractivity contribution >= 4 is 16.7 Å². The lowest BCUT2D eigenvalue weighted by Crippen LogP contribution is -2.36. The zero-order valence-electron chi connectivity index (χ0n) is 12.9. The average Bonchev–Trinajstić information content (AvgIpc) is 3.07. The van der Waals surface area contributed by atoms with E-state index in [1.165, 1.54) is 6.07 Å². The maximum atomic E-state index is 13.6. The number of morpholine rings is 1. The first-order valence-corrected chi connectivity index (χ1v) is 7.77. The first kappa shape index (κ1) is 14.7. The Labute approximate surface area is 138 Å². The van der Waals surface area contributed by atoms with E-state index in [0.717, 1.165) is 40.9 Å². The number of fused-ring (bicyclic) bond motifs is 1. The van der Waals surface area contributed by atoms with Crippen LogP contribution in [0.15, 0.2) is 36.7 Å². The van der Waals surface area contributed by atoms with Crippen LogP contribution in [0.2, 0.25) is 0 Å². The van der Waals surface area contributed by atoms with Crippen LogP contribution < -0.4 is 4.90 Å². The minimum Gasteiger partial charge on any atom is -0.378 e. The Morgan fingerprint density at radius 1 is 1.25 bits per heavy atom. The van der Waals surface area contributed by atoms with E-state index in [2.05, 4.69) is 14.9 Å².